The minimum atomic E-state index is -0.137. The van der Waals surface area contributed by atoms with E-state index in [9.17, 15) is 4.79 Å². The lowest BCUT2D eigenvalue weighted by molar-refractivity contribution is 0.0952. The molecule has 0 atom stereocenters. The summed E-state index contributed by atoms with van der Waals surface area (Å²) in [5.41, 5.74) is 3.58. The molecule has 146 valence electrons. The highest BCUT2D eigenvalue weighted by Crippen LogP contribution is 2.13. The number of hydrogen-bond donors (Lipinski definition) is 2. The Morgan fingerprint density at radius 3 is 2.72 bits per heavy atom. The molecule has 2 aromatic carbocycles. The van der Waals surface area contributed by atoms with Crippen molar-refractivity contribution in [2.45, 2.75) is 19.4 Å². The number of nitrogens with one attached hydrogen (secondary N) is 2. The summed E-state index contributed by atoms with van der Waals surface area (Å²) in [5, 5.41) is 2.94. The molecule has 4 rings (SSSR count). The third-order valence-electron chi connectivity index (χ3n) is 4.54. The van der Waals surface area contributed by atoms with Gasteiger partial charge in [-0.1, -0.05) is 42.5 Å². The van der Waals surface area contributed by atoms with Crippen molar-refractivity contribution in [3.63, 3.8) is 0 Å². The van der Waals surface area contributed by atoms with Crippen molar-refractivity contribution in [1.82, 2.24) is 20.3 Å². The number of pyridine rings is 1. The molecule has 0 bridgehead atoms. The third kappa shape index (κ3) is 4.99. The van der Waals surface area contributed by atoms with Crippen LogP contribution >= 0.6 is 0 Å². The van der Waals surface area contributed by atoms with E-state index in [0.29, 0.717) is 24.6 Å². The maximum Gasteiger partial charge on any atom is 0.251 e. The number of imidazole rings is 1. The van der Waals surface area contributed by atoms with Crippen LogP contribution in [0.4, 0.5) is 0 Å². The predicted octanol–water partition coefficient (Wildman–Crippen LogP) is 3.90. The van der Waals surface area contributed by atoms with Gasteiger partial charge in [-0.25, -0.2) is 9.97 Å². The van der Waals surface area contributed by atoms with Gasteiger partial charge in [0.1, 0.15) is 12.4 Å². The molecule has 6 nitrogen and oxygen atoms in total. The fraction of sp³-hybridized carbons (Fsp3) is 0.174. The number of aromatic nitrogens is 3. The van der Waals surface area contributed by atoms with Crippen LogP contribution in [0.15, 0.2) is 72.9 Å². The first-order chi connectivity index (χ1) is 14.3. The van der Waals surface area contributed by atoms with E-state index in [2.05, 4.69) is 20.3 Å². The number of aryl methyl sites for hydroxylation is 1. The van der Waals surface area contributed by atoms with Crippen LogP contribution < -0.4 is 10.1 Å². The SMILES string of the molecule is O=C(NCCCc1nc2ccccc2[nH]1)c1ccnc(OCc2ccccc2)c1. The highest BCUT2D eigenvalue weighted by atomic mass is 16.5. The van der Waals surface area contributed by atoms with Crippen LogP contribution in [0.25, 0.3) is 11.0 Å². The molecular formula is C23H22N4O2. The van der Waals surface area contributed by atoms with Gasteiger partial charge in [-0.3, -0.25) is 4.79 Å². The maximum absolute atomic E-state index is 12.4. The van der Waals surface area contributed by atoms with E-state index in [1.165, 1.54) is 0 Å². The van der Waals surface area contributed by atoms with Gasteiger partial charge in [-0.2, -0.15) is 0 Å². The lowest BCUT2D eigenvalue weighted by Crippen LogP contribution is -2.25. The van der Waals surface area contributed by atoms with E-state index in [1.807, 2.05) is 54.6 Å². The fourth-order valence-electron chi connectivity index (χ4n) is 3.04. The number of ether oxygens (including phenoxy) is 1. The summed E-state index contributed by atoms with van der Waals surface area (Å²) in [6, 6.07) is 21.1. The molecule has 1 amide bonds. The largest absolute Gasteiger partial charge is 0.473 e. The van der Waals surface area contributed by atoms with Gasteiger partial charge in [-0.15, -0.1) is 0 Å². The number of amides is 1. The number of hydrogen-bond acceptors (Lipinski definition) is 4. The van der Waals surface area contributed by atoms with E-state index in [0.717, 1.165) is 35.3 Å². The minimum Gasteiger partial charge on any atom is -0.473 e. The van der Waals surface area contributed by atoms with Crippen molar-refractivity contribution >= 4 is 16.9 Å². The van der Waals surface area contributed by atoms with E-state index in [-0.39, 0.29) is 5.91 Å². The fourth-order valence-corrected chi connectivity index (χ4v) is 3.04. The molecule has 2 aromatic heterocycles. The molecule has 4 aromatic rings. The second kappa shape index (κ2) is 9.01. The number of carbonyl (C=O) groups excluding carboxylic acids is 1. The molecule has 6 heteroatoms. The van der Waals surface area contributed by atoms with Crippen LogP contribution in [0, 0.1) is 0 Å². The average Bonchev–Trinajstić information content (AvgIpc) is 3.19. The van der Waals surface area contributed by atoms with Crippen molar-refractivity contribution in [1.29, 1.82) is 0 Å². The van der Waals surface area contributed by atoms with Gasteiger partial charge in [0.2, 0.25) is 5.88 Å². The number of nitrogens with zero attached hydrogens (tertiary/aromatic N) is 2. The summed E-state index contributed by atoms with van der Waals surface area (Å²) in [7, 11) is 0. The van der Waals surface area contributed by atoms with Crippen LogP contribution in [0.3, 0.4) is 0 Å². The molecule has 0 unspecified atom stereocenters. The molecule has 0 spiro atoms. The maximum atomic E-state index is 12.4. The standard InChI is InChI=1S/C23H22N4O2/c28-23(25-13-6-11-21-26-19-9-4-5-10-20(19)27-21)18-12-14-24-22(15-18)29-16-17-7-2-1-3-8-17/h1-5,7-10,12,14-15H,6,11,13,16H2,(H,25,28)(H,26,27). The molecule has 0 aliphatic rings. The summed E-state index contributed by atoms with van der Waals surface area (Å²) >= 11 is 0. The van der Waals surface area contributed by atoms with Gasteiger partial charge < -0.3 is 15.0 Å². The van der Waals surface area contributed by atoms with Crippen LogP contribution in [0.2, 0.25) is 0 Å². The Labute approximate surface area is 169 Å². The second-order valence-electron chi connectivity index (χ2n) is 6.72. The molecule has 0 fully saturated rings. The summed E-state index contributed by atoms with van der Waals surface area (Å²) < 4.78 is 5.69. The van der Waals surface area contributed by atoms with Crippen LogP contribution in [0.5, 0.6) is 5.88 Å². The zero-order valence-electron chi connectivity index (χ0n) is 16.0. The van der Waals surface area contributed by atoms with Crippen molar-refractivity contribution in [3.8, 4) is 5.88 Å². The molecule has 2 heterocycles. The molecule has 0 saturated carbocycles. The molecule has 0 aliphatic carbocycles. The minimum absolute atomic E-state index is 0.137. The zero-order valence-corrected chi connectivity index (χ0v) is 16.0. The topological polar surface area (TPSA) is 79.9 Å². The number of aromatic amines is 1. The lowest BCUT2D eigenvalue weighted by atomic mass is 10.2. The Balaban J connectivity index is 1.26. The number of rotatable bonds is 8. The number of fused-ring (bicyclic) bond motifs is 1. The summed E-state index contributed by atoms with van der Waals surface area (Å²) in [4.78, 5) is 24.4. The van der Waals surface area contributed by atoms with E-state index in [1.54, 1.807) is 18.3 Å². The highest BCUT2D eigenvalue weighted by molar-refractivity contribution is 5.94. The van der Waals surface area contributed by atoms with Crippen molar-refractivity contribution in [2.75, 3.05) is 6.54 Å². The first-order valence-corrected chi connectivity index (χ1v) is 9.62. The van der Waals surface area contributed by atoms with Crippen molar-refractivity contribution in [2.24, 2.45) is 0 Å². The Kier molecular flexibility index (Phi) is 5.81. The van der Waals surface area contributed by atoms with Gasteiger partial charge in [0.15, 0.2) is 0 Å². The van der Waals surface area contributed by atoms with E-state index < -0.39 is 0 Å². The number of benzene rings is 2. The Bertz CT molecular complexity index is 1060. The lowest BCUT2D eigenvalue weighted by Gasteiger charge is -2.08. The van der Waals surface area contributed by atoms with Crippen LogP contribution in [-0.2, 0) is 13.0 Å². The first-order valence-electron chi connectivity index (χ1n) is 9.62. The Hall–Kier alpha value is -3.67. The second-order valence-corrected chi connectivity index (χ2v) is 6.72. The average molecular weight is 386 g/mol. The predicted molar refractivity (Wildman–Crippen MR) is 112 cm³/mol. The Morgan fingerprint density at radius 1 is 1.03 bits per heavy atom. The Morgan fingerprint density at radius 2 is 1.86 bits per heavy atom. The highest BCUT2D eigenvalue weighted by Gasteiger charge is 2.08. The van der Waals surface area contributed by atoms with Gasteiger partial charge in [0, 0.05) is 30.8 Å². The normalized spacial score (nSPS) is 10.8. The van der Waals surface area contributed by atoms with E-state index >= 15 is 0 Å². The number of para-hydroxylation sites is 2. The zero-order chi connectivity index (χ0) is 19.9. The third-order valence-corrected chi connectivity index (χ3v) is 4.54. The van der Waals surface area contributed by atoms with Gasteiger partial charge in [0.05, 0.1) is 11.0 Å². The monoisotopic (exact) mass is 386 g/mol. The van der Waals surface area contributed by atoms with Crippen molar-refractivity contribution < 1.29 is 9.53 Å². The summed E-state index contributed by atoms with van der Waals surface area (Å²) in [6.45, 7) is 0.981. The van der Waals surface area contributed by atoms with Crippen molar-refractivity contribution in [3.05, 3.63) is 89.9 Å². The molecule has 29 heavy (non-hydrogen) atoms. The van der Waals surface area contributed by atoms with Gasteiger partial charge in [0.25, 0.3) is 5.91 Å². The number of H-pyrrole nitrogens is 1. The molecular weight excluding hydrogens is 364 g/mol. The van der Waals surface area contributed by atoms with Gasteiger partial charge in [-0.05, 0) is 30.2 Å². The first kappa shape index (κ1) is 18.7. The molecule has 0 saturated heterocycles. The molecule has 2 N–H and O–H groups in total. The quantitative estimate of drug-likeness (QED) is 0.450. The van der Waals surface area contributed by atoms with Crippen LogP contribution in [0.1, 0.15) is 28.2 Å². The van der Waals surface area contributed by atoms with E-state index in [4.69, 9.17) is 4.74 Å². The van der Waals surface area contributed by atoms with Crippen LogP contribution in [-0.4, -0.2) is 27.4 Å². The summed E-state index contributed by atoms with van der Waals surface area (Å²) in [6.07, 6.45) is 3.16. The molecule has 0 aliphatic heterocycles. The number of carbonyl (C=O) groups is 1. The summed E-state index contributed by atoms with van der Waals surface area (Å²) in [5.74, 6) is 1.23. The smallest absolute Gasteiger partial charge is 0.251 e. The molecule has 0 radical (unpaired) electrons. The van der Waals surface area contributed by atoms with Gasteiger partial charge >= 0.3 is 0 Å².